The molecule has 7 heteroatoms. The number of ether oxygens (including phenoxy) is 2. The fraction of sp³-hybridized carbons (Fsp3) is 0.545. The van der Waals surface area contributed by atoms with Gasteiger partial charge in [0.05, 0.1) is 19.1 Å². The number of benzene rings is 1. The van der Waals surface area contributed by atoms with E-state index in [1.807, 2.05) is 38.1 Å². The Balaban J connectivity index is 2.55. The Bertz CT molecular complexity index is 762. The van der Waals surface area contributed by atoms with Crippen LogP contribution in [0, 0.1) is 5.92 Å². The van der Waals surface area contributed by atoms with E-state index in [2.05, 4.69) is 6.58 Å². The molecular formula is C22H33O6P. The lowest BCUT2D eigenvalue weighted by molar-refractivity contribution is 0.0497. The zero-order chi connectivity index (χ0) is 21.4. The minimum absolute atomic E-state index is 0.109. The van der Waals surface area contributed by atoms with Gasteiger partial charge in [0, 0.05) is 12.7 Å². The van der Waals surface area contributed by atoms with Gasteiger partial charge in [0.15, 0.2) is 6.79 Å². The quantitative estimate of drug-likeness (QED) is 0.239. The zero-order valence-corrected chi connectivity index (χ0v) is 19.0. The van der Waals surface area contributed by atoms with Crippen LogP contribution in [0.1, 0.15) is 52.0 Å². The lowest BCUT2D eigenvalue weighted by Crippen LogP contribution is -2.24. The minimum atomic E-state index is -3.73. The summed E-state index contributed by atoms with van der Waals surface area (Å²) in [5.41, 5.74) is 2.99. The van der Waals surface area contributed by atoms with Crippen molar-refractivity contribution in [1.29, 1.82) is 0 Å². The average Bonchev–Trinajstić information content (AvgIpc) is 2.68. The van der Waals surface area contributed by atoms with Crippen LogP contribution in [0.4, 0.5) is 0 Å². The van der Waals surface area contributed by atoms with E-state index >= 15 is 0 Å². The number of methoxy groups -OCH3 is 1. The molecule has 0 fully saturated rings. The molecule has 0 saturated heterocycles. The highest BCUT2D eigenvalue weighted by molar-refractivity contribution is 7.48. The molecule has 1 aromatic carbocycles. The molecule has 1 aliphatic carbocycles. The SMILES string of the molecule is C=C(C)[C@@H]1CCC(C)=C(OP(=O)(OCC)OCC)[C@H]1c1ccccc1OCOC. The number of hydrogen-bond donors (Lipinski definition) is 0. The second-order valence-electron chi connectivity index (χ2n) is 7.08. The third kappa shape index (κ3) is 5.95. The topological polar surface area (TPSA) is 63.2 Å². The van der Waals surface area contributed by atoms with Crippen LogP contribution in [0.3, 0.4) is 0 Å². The van der Waals surface area contributed by atoms with Gasteiger partial charge in [-0.25, -0.2) is 4.57 Å². The van der Waals surface area contributed by atoms with E-state index in [9.17, 15) is 4.57 Å². The Morgan fingerprint density at radius 2 is 1.86 bits per heavy atom. The van der Waals surface area contributed by atoms with Crippen molar-refractivity contribution < 1.29 is 27.6 Å². The first-order chi connectivity index (χ1) is 13.9. The Morgan fingerprint density at radius 3 is 2.45 bits per heavy atom. The van der Waals surface area contributed by atoms with Gasteiger partial charge in [-0.3, -0.25) is 9.05 Å². The molecular weight excluding hydrogens is 391 g/mol. The van der Waals surface area contributed by atoms with Crippen LogP contribution in [0.2, 0.25) is 0 Å². The summed E-state index contributed by atoms with van der Waals surface area (Å²) in [5.74, 6) is 1.22. The Morgan fingerprint density at radius 1 is 1.21 bits per heavy atom. The molecule has 2 rings (SSSR count). The van der Waals surface area contributed by atoms with E-state index in [0.29, 0.717) is 11.5 Å². The highest BCUT2D eigenvalue weighted by Gasteiger charge is 2.40. The van der Waals surface area contributed by atoms with E-state index in [-0.39, 0.29) is 31.8 Å². The maximum absolute atomic E-state index is 13.2. The van der Waals surface area contributed by atoms with E-state index in [4.69, 9.17) is 23.0 Å². The lowest BCUT2D eigenvalue weighted by atomic mass is 9.73. The van der Waals surface area contributed by atoms with Crippen molar-refractivity contribution in [3.8, 4) is 5.75 Å². The largest absolute Gasteiger partial charge is 0.529 e. The van der Waals surface area contributed by atoms with Crippen molar-refractivity contribution >= 4 is 7.82 Å². The Hall–Kier alpha value is -1.59. The number of phosphoric acid groups is 1. The Kier molecular flexibility index (Phi) is 8.97. The van der Waals surface area contributed by atoms with Gasteiger partial charge in [-0.05, 0) is 58.1 Å². The average molecular weight is 424 g/mol. The van der Waals surface area contributed by atoms with Gasteiger partial charge in [-0.15, -0.1) is 0 Å². The van der Waals surface area contributed by atoms with Crippen LogP contribution in [0.5, 0.6) is 5.75 Å². The van der Waals surface area contributed by atoms with E-state index < -0.39 is 7.82 Å². The first-order valence-electron chi connectivity index (χ1n) is 10.0. The number of para-hydroxylation sites is 1. The maximum atomic E-state index is 13.2. The van der Waals surface area contributed by atoms with E-state index in [1.165, 1.54) is 0 Å². The zero-order valence-electron chi connectivity index (χ0n) is 18.1. The highest BCUT2D eigenvalue weighted by atomic mass is 31.2. The molecule has 1 aromatic rings. The fourth-order valence-electron chi connectivity index (χ4n) is 3.65. The molecule has 0 spiro atoms. The van der Waals surface area contributed by atoms with Gasteiger partial charge in [-0.2, -0.15) is 0 Å². The monoisotopic (exact) mass is 424 g/mol. The second-order valence-corrected chi connectivity index (χ2v) is 8.67. The number of hydrogen-bond acceptors (Lipinski definition) is 6. The number of allylic oxidation sites excluding steroid dienone is 3. The van der Waals surface area contributed by atoms with Crippen molar-refractivity contribution in [2.24, 2.45) is 5.92 Å². The normalized spacial score (nSPS) is 19.9. The molecule has 0 aliphatic heterocycles. The smallest absolute Gasteiger partial charge is 0.467 e. The second kappa shape index (κ2) is 11.0. The molecule has 1 aliphatic rings. The first-order valence-corrected chi connectivity index (χ1v) is 11.5. The molecule has 0 N–H and O–H groups in total. The molecule has 2 atom stereocenters. The minimum Gasteiger partial charge on any atom is -0.467 e. The maximum Gasteiger partial charge on any atom is 0.529 e. The summed E-state index contributed by atoms with van der Waals surface area (Å²) in [4.78, 5) is 0. The molecule has 6 nitrogen and oxygen atoms in total. The standard InChI is InChI=1S/C22H33O6P/c1-7-26-29(23,27-8-2)28-22-17(5)13-14-18(16(3)4)21(22)19-11-9-10-12-20(19)25-15-24-6/h9-12,18,21H,3,7-8,13-15H2,1-2,4-6H3/t18-,21+/m0/s1. The van der Waals surface area contributed by atoms with Crippen LogP contribution in [0.15, 0.2) is 47.7 Å². The van der Waals surface area contributed by atoms with Gasteiger partial charge < -0.3 is 14.0 Å². The van der Waals surface area contributed by atoms with Crippen molar-refractivity contribution in [3.63, 3.8) is 0 Å². The molecule has 0 amide bonds. The summed E-state index contributed by atoms with van der Waals surface area (Å²) < 4.78 is 40.9. The molecule has 162 valence electrons. The van der Waals surface area contributed by atoms with Crippen molar-refractivity contribution in [3.05, 3.63) is 53.3 Å². The van der Waals surface area contributed by atoms with Crippen LogP contribution < -0.4 is 4.74 Å². The molecule has 0 unspecified atom stereocenters. The summed E-state index contributed by atoms with van der Waals surface area (Å²) >= 11 is 0. The number of phosphoric ester groups is 1. The van der Waals surface area contributed by atoms with E-state index in [0.717, 1.165) is 29.6 Å². The molecule has 0 aromatic heterocycles. The van der Waals surface area contributed by atoms with Gasteiger partial charge >= 0.3 is 7.82 Å². The summed E-state index contributed by atoms with van der Waals surface area (Å²) in [6.07, 6.45) is 1.74. The number of rotatable bonds is 11. The van der Waals surface area contributed by atoms with Crippen LogP contribution in [-0.4, -0.2) is 27.1 Å². The van der Waals surface area contributed by atoms with Crippen molar-refractivity contribution in [2.45, 2.75) is 46.5 Å². The summed E-state index contributed by atoms with van der Waals surface area (Å²) in [7, 11) is -2.15. The molecule has 29 heavy (non-hydrogen) atoms. The van der Waals surface area contributed by atoms with Crippen LogP contribution >= 0.6 is 7.82 Å². The third-order valence-electron chi connectivity index (χ3n) is 4.94. The van der Waals surface area contributed by atoms with Gasteiger partial charge in [-0.1, -0.05) is 30.4 Å². The van der Waals surface area contributed by atoms with E-state index in [1.54, 1.807) is 21.0 Å². The van der Waals surface area contributed by atoms with Crippen LogP contribution in [-0.2, 0) is 22.9 Å². The van der Waals surface area contributed by atoms with Crippen molar-refractivity contribution in [1.82, 2.24) is 0 Å². The highest BCUT2D eigenvalue weighted by Crippen LogP contribution is 2.57. The molecule has 0 bridgehead atoms. The summed E-state index contributed by atoms with van der Waals surface area (Å²) in [5, 5.41) is 0. The Labute approximate surface area is 174 Å². The van der Waals surface area contributed by atoms with Crippen LogP contribution in [0.25, 0.3) is 0 Å². The van der Waals surface area contributed by atoms with Gasteiger partial charge in [0.2, 0.25) is 0 Å². The fourth-order valence-corrected chi connectivity index (χ4v) is 4.97. The first kappa shape index (κ1) is 23.7. The predicted octanol–water partition coefficient (Wildman–Crippen LogP) is 6.21. The summed E-state index contributed by atoms with van der Waals surface area (Å²) in [6.45, 7) is 12.3. The molecule has 0 radical (unpaired) electrons. The third-order valence-corrected chi connectivity index (χ3v) is 6.51. The lowest BCUT2D eigenvalue weighted by Gasteiger charge is -2.36. The van der Waals surface area contributed by atoms with Gasteiger partial charge in [0.25, 0.3) is 0 Å². The molecule has 0 saturated carbocycles. The van der Waals surface area contributed by atoms with Crippen molar-refractivity contribution in [2.75, 3.05) is 27.1 Å². The predicted molar refractivity (Wildman–Crippen MR) is 114 cm³/mol. The molecule has 0 heterocycles. The summed E-state index contributed by atoms with van der Waals surface area (Å²) in [6, 6.07) is 7.77. The van der Waals surface area contributed by atoms with Gasteiger partial charge in [0.1, 0.15) is 11.5 Å².